The summed E-state index contributed by atoms with van der Waals surface area (Å²) in [6.07, 6.45) is 1.00. The van der Waals surface area contributed by atoms with Crippen LogP contribution < -0.4 is 5.73 Å². The minimum Gasteiger partial charge on any atom is -0.326 e. The molecule has 2 atom stereocenters. The summed E-state index contributed by atoms with van der Waals surface area (Å²) in [5, 5.41) is 8.52. The molecule has 2 nitrogen and oxygen atoms in total. The number of nitriles is 1. The van der Waals surface area contributed by atoms with Crippen LogP contribution in [0.5, 0.6) is 0 Å². The molecule has 1 saturated heterocycles. The minimum absolute atomic E-state index is 0.101. The Balaban J connectivity index is 2.41. The lowest BCUT2D eigenvalue weighted by atomic mass is 10.0. The maximum absolute atomic E-state index is 8.52. The van der Waals surface area contributed by atoms with Gasteiger partial charge < -0.3 is 5.73 Å². The molecule has 1 aliphatic rings. The Labute approximate surface area is 59.4 Å². The monoisotopic (exact) mass is 142 g/mol. The van der Waals surface area contributed by atoms with Crippen molar-refractivity contribution in [3.63, 3.8) is 0 Å². The second-order valence-corrected chi connectivity index (χ2v) is 3.41. The highest BCUT2D eigenvalue weighted by Crippen LogP contribution is 2.20. The molecule has 0 radical (unpaired) electrons. The Kier molecular flexibility index (Phi) is 2.38. The summed E-state index contributed by atoms with van der Waals surface area (Å²) < 4.78 is 0. The van der Waals surface area contributed by atoms with Gasteiger partial charge in [0, 0.05) is 11.8 Å². The summed E-state index contributed by atoms with van der Waals surface area (Å²) in [6, 6.07) is 2.34. The van der Waals surface area contributed by atoms with Crippen LogP contribution in [0.3, 0.4) is 0 Å². The molecule has 2 unspecified atom stereocenters. The van der Waals surface area contributed by atoms with Crippen molar-refractivity contribution in [3.8, 4) is 6.07 Å². The standard InChI is InChI=1S/C6H10N2S/c7-3-5-4-9-2-1-6(5)8/h5-6H,1-2,4,8H2. The Bertz CT molecular complexity index is 130. The summed E-state index contributed by atoms with van der Waals surface area (Å²) in [4.78, 5) is 0. The molecule has 0 aromatic rings. The Morgan fingerprint density at radius 3 is 2.89 bits per heavy atom. The Hall–Kier alpha value is -0.200. The fourth-order valence-corrected chi connectivity index (χ4v) is 2.07. The third kappa shape index (κ3) is 1.60. The van der Waals surface area contributed by atoms with Crippen LogP contribution in [0, 0.1) is 17.2 Å². The predicted octanol–water partition coefficient (Wildman–Crippen LogP) is 0.590. The van der Waals surface area contributed by atoms with Crippen LogP contribution in [-0.2, 0) is 0 Å². The first-order chi connectivity index (χ1) is 4.34. The van der Waals surface area contributed by atoms with Crippen molar-refractivity contribution in [3.05, 3.63) is 0 Å². The van der Waals surface area contributed by atoms with E-state index in [9.17, 15) is 0 Å². The van der Waals surface area contributed by atoms with Crippen LogP contribution >= 0.6 is 11.8 Å². The van der Waals surface area contributed by atoms with Crippen molar-refractivity contribution in [2.24, 2.45) is 11.7 Å². The van der Waals surface area contributed by atoms with Crippen molar-refractivity contribution in [1.82, 2.24) is 0 Å². The van der Waals surface area contributed by atoms with Gasteiger partial charge in [0.2, 0.25) is 0 Å². The molecule has 0 amide bonds. The molecule has 0 saturated carbocycles. The molecule has 1 heterocycles. The summed E-state index contributed by atoms with van der Waals surface area (Å²) in [7, 11) is 0. The lowest BCUT2D eigenvalue weighted by molar-refractivity contribution is 0.531. The number of rotatable bonds is 0. The van der Waals surface area contributed by atoms with Gasteiger partial charge in [-0.25, -0.2) is 0 Å². The van der Waals surface area contributed by atoms with Crippen molar-refractivity contribution >= 4 is 11.8 Å². The molecule has 50 valence electrons. The molecular weight excluding hydrogens is 132 g/mol. The Morgan fingerprint density at radius 1 is 1.67 bits per heavy atom. The summed E-state index contributed by atoms with van der Waals surface area (Å²) in [5.74, 6) is 2.15. The quantitative estimate of drug-likeness (QED) is 0.538. The van der Waals surface area contributed by atoms with Gasteiger partial charge in [-0.3, -0.25) is 0 Å². The molecule has 2 N–H and O–H groups in total. The number of nitrogens with two attached hydrogens (primary N) is 1. The highest BCUT2D eigenvalue weighted by atomic mass is 32.2. The molecule has 1 rings (SSSR count). The third-order valence-electron chi connectivity index (χ3n) is 1.58. The van der Waals surface area contributed by atoms with Crippen LogP contribution in [-0.4, -0.2) is 17.5 Å². The molecule has 0 aromatic carbocycles. The average molecular weight is 142 g/mol. The lowest BCUT2D eigenvalue weighted by Gasteiger charge is -2.21. The summed E-state index contributed by atoms with van der Waals surface area (Å²) in [6.45, 7) is 0. The topological polar surface area (TPSA) is 49.8 Å². The van der Waals surface area contributed by atoms with Crippen molar-refractivity contribution in [1.29, 1.82) is 5.26 Å². The SMILES string of the molecule is N#CC1CSCCC1N. The van der Waals surface area contributed by atoms with E-state index in [1.807, 2.05) is 11.8 Å². The van der Waals surface area contributed by atoms with Gasteiger partial charge in [-0.05, 0) is 12.2 Å². The van der Waals surface area contributed by atoms with Crippen LogP contribution in [0.25, 0.3) is 0 Å². The molecule has 9 heavy (non-hydrogen) atoms. The van der Waals surface area contributed by atoms with E-state index in [2.05, 4.69) is 6.07 Å². The van der Waals surface area contributed by atoms with E-state index < -0.39 is 0 Å². The van der Waals surface area contributed by atoms with Gasteiger partial charge in [0.1, 0.15) is 0 Å². The third-order valence-corrected chi connectivity index (χ3v) is 2.69. The first kappa shape index (κ1) is 6.91. The summed E-state index contributed by atoms with van der Waals surface area (Å²) in [5.41, 5.74) is 5.65. The molecular formula is C6H10N2S. The van der Waals surface area contributed by atoms with Crippen LogP contribution in [0.2, 0.25) is 0 Å². The van der Waals surface area contributed by atoms with Gasteiger partial charge in [0.15, 0.2) is 0 Å². The number of hydrogen-bond acceptors (Lipinski definition) is 3. The first-order valence-electron chi connectivity index (χ1n) is 3.07. The van der Waals surface area contributed by atoms with E-state index in [1.54, 1.807) is 0 Å². The average Bonchev–Trinajstić information content (AvgIpc) is 1.89. The zero-order valence-corrected chi connectivity index (χ0v) is 6.03. The molecule has 3 heteroatoms. The fraction of sp³-hybridized carbons (Fsp3) is 0.833. The van der Waals surface area contributed by atoms with E-state index >= 15 is 0 Å². The van der Waals surface area contributed by atoms with E-state index in [0.29, 0.717) is 0 Å². The Morgan fingerprint density at radius 2 is 2.44 bits per heavy atom. The molecule has 0 bridgehead atoms. The van der Waals surface area contributed by atoms with Crippen molar-refractivity contribution in [2.75, 3.05) is 11.5 Å². The number of hydrogen-bond donors (Lipinski definition) is 1. The molecule has 0 aromatic heterocycles. The largest absolute Gasteiger partial charge is 0.326 e. The van der Waals surface area contributed by atoms with E-state index in [4.69, 9.17) is 11.0 Å². The smallest absolute Gasteiger partial charge is 0.0705 e. The van der Waals surface area contributed by atoms with Gasteiger partial charge >= 0.3 is 0 Å². The molecule has 0 aliphatic carbocycles. The fourth-order valence-electron chi connectivity index (χ4n) is 0.888. The number of thioether (sulfide) groups is 1. The van der Waals surface area contributed by atoms with E-state index in [0.717, 1.165) is 17.9 Å². The maximum Gasteiger partial charge on any atom is 0.0705 e. The van der Waals surface area contributed by atoms with Gasteiger partial charge in [-0.1, -0.05) is 0 Å². The number of nitrogens with zero attached hydrogens (tertiary/aromatic N) is 1. The van der Waals surface area contributed by atoms with Gasteiger partial charge in [0.25, 0.3) is 0 Å². The molecule has 0 spiro atoms. The van der Waals surface area contributed by atoms with Crippen molar-refractivity contribution < 1.29 is 0 Å². The minimum atomic E-state index is 0.101. The second-order valence-electron chi connectivity index (χ2n) is 2.26. The zero-order chi connectivity index (χ0) is 6.69. The first-order valence-corrected chi connectivity index (χ1v) is 4.23. The predicted molar refractivity (Wildman–Crippen MR) is 39.0 cm³/mol. The summed E-state index contributed by atoms with van der Waals surface area (Å²) >= 11 is 1.83. The van der Waals surface area contributed by atoms with Crippen LogP contribution in [0.15, 0.2) is 0 Å². The van der Waals surface area contributed by atoms with E-state index in [-0.39, 0.29) is 12.0 Å². The normalized spacial score (nSPS) is 35.6. The lowest BCUT2D eigenvalue weighted by Crippen LogP contribution is -2.34. The van der Waals surface area contributed by atoms with Crippen LogP contribution in [0.1, 0.15) is 6.42 Å². The molecule has 1 fully saturated rings. The van der Waals surface area contributed by atoms with Gasteiger partial charge in [-0.2, -0.15) is 17.0 Å². The highest BCUT2D eigenvalue weighted by molar-refractivity contribution is 7.99. The van der Waals surface area contributed by atoms with Gasteiger partial charge in [0.05, 0.1) is 12.0 Å². The maximum atomic E-state index is 8.52. The van der Waals surface area contributed by atoms with Gasteiger partial charge in [-0.15, -0.1) is 0 Å². The second kappa shape index (κ2) is 3.09. The highest BCUT2D eigenvalue weighted by Gasteiger charge is 2.20. The van der Waals surface area contributed by atoms with Crippen LogP contribution in [0.4, 0.5) is 0 Å². The van der Waals surface area contributed by atoms with E-state index in [1.165, 1.54) is 0 Å². The molecule has 1 aliphatic heterocycles. The zero-order valence-electron chi connectivity index (χ0n) is 5.21. The van der Waals surface area contributed by atoms with Crippen molar-refractivity contribution in [2.45, 2.75) is 12.5 Å².